The van der Waals surface area contributed by atoms with Gasteiger partial charge in [0.25, 0.3) is 0 Å². The Labute approximate surface area is 152 Å². The Morgan fingerprint density at radius 1 is 1.15 bits per heavy atom. The van der Waals surface area contributed by atoms with Gasteiger partial charge in [-0.1, -0.05) is 18.2 Å². The van der Waals surface area contributed by atoms with Gasteiger partial charge in [0.1, 0.15) is 11.6 Å². The van der Waals surface area contributed by atoms with Gasteiger partial charge in [-0.2, -0.15) is 0 Å². The van der Waals surface area contributed by atoms with Gasteiger partial charge in [-0.25, -0.2) is 4.39 Å². The van der Waals surface area contributed by atoms with Crippen LogP contribution in [0.1, 0.15) is 18.1 Å². The topological polar surface area (TPSA) is 58.6 Å². The standard InChI is InChI=1S/C20H23FN2O3/c1-14-4-9-19(26-3)18(12-14)22-20(25)13-23(15(2)24)11-10-16-5-7-17(21)8-6-16/h4-9,12H,10-11,13H2,1-3H3,(H,22,25). The summed E-state index contributed by atoms with van der Waals surface area (Å²) in [6.07, 6.45) is 0.543. The molecule has 2 aromatic carbocycles. The van der Waals surface area contributed by atoms with Crippen LogP contribution in [0.15, 0.2) is 42.5 Å². The van der Waals surface area contributed by atoms with Gasteiger partial charge in [-0.05, 0) is 48.7 Å². The number of nitrogens with one attached hydrogen (secondary N) is 1. The van der Waals surface area contributed by atoms with Gasteiger partial charge >= 0.3 is 0 Å². The highest BCUT2D eigenvalue weighted by molar-refractivity contribution is 5.95. The number of methoxy groups -OCH3 is 1. The minimum absolute atomic E-state index is 0.0619. The van der Waals surface area contributed by atoms with Crippen LogP contribution in [0.25, 0.3) is 0 Å². The van der Waals surface area contributed by atoms with Crippen LogP contribution in [0.5, 0.6) is 5.75 Å². The van der Waals surface area contributed by atoms with Crippen molar-refractivity contribution in [3.8, 4) is 5.75 Å². The van der Waals surface area contributed by atoms with Gasteiger partial charge in [0.15, 0.2) is 0 Å². The lowest BCUT2D eigenvalue weighted by Gasteiger charge is -2.21. The molecule has 0 atom stereocenters. The van der Waals surface area contributed by atoms with E-state index in [1.165, 1.54) is 31.1 Å². The van der Waals surface area contributed by atoms with Gasteiger partial charge in [-0.15, -0.1) is 0 Å². The van der Waals surface area contributed by atoms with Gasteiger partial charge in [0, 0.05) is 13.5 Å². The minimum atomic E-state index is -0.303. The van der Waals surface area contributed by atoms with E-state index in [9.17, 15) is 14.0 Å². The first-order chi connectivity index (χ1) is 12.4. The molecule has 2 aromatic rings. The Bertz CT molecular complexity index is 775. The first-order valence-electron chi connectivity index (χ1n) is 8.33. The highest BCUT2D eigenvalue weighted by atomic mass is 19.1. The number of carbonyl (C=O) groups is 2. The van der Waals surface area contributed by atoms with Crippen molar-refractivity contribution in [1.82, 2.24) is 4.90 Å². The summed E-state index contributed by atoms with van der Waals surface area (Å²) in [7, 11) is 1.53. The van der Waals surface area contributed by atoms with E-state index in [0.29, 0.717) is 24.4 Å². The summed E-state index contributed by atoms with van der Waals surface area (Å²) in [5.41, 5.74) is 2.46. The third-order valence-electron chi connectivity index (χ3n) is 3.99. The van der Waals surface area contributed by atoms with Crippen molar-refractivity contribution in [3.63, 3.8) is 0 Å². The summed E-state index contributed by atoms with van der Waals surface area (Å²) >= 11 is 0. The lowest BCUT2D eigenvalue weighted by Crippen LogP contribution is -2.38. The van der Waals surface area contributed by atoms with Crippen LogP contribution in [0.4, 0.5) is 10.1 Å². The van der Waals surface area contributed by atoms with E-state index in [-0.39, 0.29) is 24.2 Å². The zero-order valence-corrected chi connectivity index (χ0v) is 15.2. The molecule has 2 rings (SSSR count). The molecule has 0 spiro atoms. The number of carbonyl (C=O) groups excluding carboxylic acids is 2. The van der Waals surface area contributed by atoms with Crippen molar-refractivity contribution in [3.05, 3.63) is 59.4 Å². The third-order valence-corrected chi connectivity index (χ3v) is 3.99. The number of hydrogen-bond acceptors (Lipinski definition) is 3. The van der Waals surface area contributed by atoms with Crippen molar-refractivity contribution < 1.29 is 18.7 Å². The molecule has 6 heteroatoms. The molecule has 26 heavy (non-hydrogen) atoms. The van der Waals surface area contributed by atoms with E-state index in [4.69, 9.17) is 4.74 Å². The summed E-state index contributed by atoms with van der Waals surface area (Å²) in [6, 6.07) is 11.6. The number of amides is 2. The molecule has 1 N–H and O–H groups in total. The van der Waals surface area contributed by atoms with E-state index in [0.717, 1.165) is 11.1 Å². The Morgan fingerprint density at radius 3 is 2.46 bits per heavy atom. The predicted octanol–water partition coefficient (Wildman–Crippen LogP) is 3.17. The van der Waals surface area contributed by atoms with Crippen LogP contribution < -0.4 is 10.1 Å². The lowest BCUT2D eigenvalue weighted by atomic mass is 10.1. The van der Waals surface area contributed by atoms with E-state index in [1.54, 1.807) is 18.2 Å². The van der Waals surface area contributed by atoms with Crippen molar-refractivity contribution in [1.29, 1.82) is 0 Å². The third kappa shape index (κ3) is 5.58. The molecule has 0 aliphatic rings. The van der Waals surface area contributed by atoms with Crippen molar-refractivity contribution in [2.75, 3.05) is 25.5 Å². The SMILES string of the molecule is COc1ccc(C)cc1NC(=O)CN(CCc1ccc(F)cc1)C(C)=O. The van der Waals surface area contributed by atoms with Gasteiger partial charge in [0.05, 0.1) is 19.3 Å². The van der Waals surface area contributed by atoms with Crippen molar-refractivity contribution >= 4 is 17.5 Å². The second-order valence-electron chi connectivity index (χ2n) is 6.07. The fraction of sp³-hybridized carbons (Fsp3) is 0.300. The van der Waals surface area contributed by atoms with Crippen LogP contribution in [-0.2, 0) is 16.0 Å². The summed E-state index contributed by atoms with van der Waals surface area (Å²) in [6.45, 7) is 3.65. The summed E-state index contributed by atoms with van der Waals surface area (Å²) < 4.78 is 18.2. The first-order valence-corrected chi connectivity index (χ1v) is 8.33. The Balaban J connectivity index is 1.98. The molecule has 0 saturated carbocycles. The fourth-order valence-corrected chi connectivity index (χ4v) is 2.55. The van der Waals surface area contributed by atoms with Gasteiger partial charge < -0.3 is 15.0 Å². The molecule has 138 valence electrons. The summed E-state index contributed by atoms with van der Waals surface area (Å²) in [5.74, 6) is -0.241. The molecular weight excluding hydrogens is 335 g/mol. The molecule has 0 aliphatic heterocycles. The minimum Gasteiger partial charge on any atom is -0.495 e. The molecule has 0 bridgehead atoms. The van der Waals surface area contributed by atoms with Crippen LogP contribution in [0.3, 0.4) is 0 Å². The van der Waals surface area contributed by atoms with E-state index >= 15 is 0 Å². The molecule has 0 saturated heterocycles. The maximum atomic E-state index is 13.0. The quantitative estimate of drug-likeness (QED) is 0.827. The smallest absolute Gasteiger partial charge is 0.244 e. The number of hydrogen-bond donors (Lipinski definition) is 1. The maximum absolute atomic E-state index is 13.0. The van der Waals surface area contributed by atoms with Gasteiger partial charge in [-0.3, -0.25) is 9.59 Å². The maximum Gasteiger partial charge on any atom is 0.244 e. The molecule has 0 fully saturated rings. The zero-order valence-electron chi connectivity index (χ0n) is 15.2. The Hall–Kier alpha value is -2.89. The summed E-state index contributed by atoms with van der Waals surface area (Å²) in [4.78, 5) is 25.7. The average Bonchev–Trinajstić information content (AvgIpc) is 2.60. The molecule has 0 aliphatic carbocycles. The number of ether oxygens (including phenoxy) is 1. The monoisotopic (exact) mass is 358 g/mol. The molecule has 5 nitrogen and oxygen atoms in total. The molecule has 0 heterocycles. The highest BCUT2D eigenvalue weighted by Crippen LogP contribution is 2.25. The molecule has 2 amide bonds. The second-order valence-corrected chi connectivity index (χ2v) is 6.07. The molecular formula is C20H23FN2O3. The predicted molar refractivity (Wildman–Crippen MR) is 98.7 cm³/mol. The average molecular weight is 358 g/mol. The zero-order chi connectivity index (χ0) is 19.1. The fourth-order valence-electron chi connectivity index (χ4n) is 2.55. The molecule has 0 radical (unpaired) electrons. The number of halogens is 1. The number of nitrogens with zero attached hydrogens (tertiary/aromatic N) is 1. The van der Waals surface area contributed by atoms with Crippen LogP contribution in [0, 0.1) is 12.7 Å². The summed E-state index contributed by atoms with van der Waals surface area (Å²) in [5, 5.41) is 2.79. The first kappa shape index (κ1) is 19.4. The number of benzene rings is 2. The Morgan fingerprint density at radius 2 is 1.85 bits per heavy atom. The van der Waals surface area contributed by atoms with Crippen LogP contribution in [0.2, 0.25) is 0 Å². The molecule has 0 aromatic heterocycles. The normalized spacial score (nSPS) is 10.3. The van der Waals surface area contributed by atoms with E-state index in [1.807, 2.05) is 19.1 Å². The number of aryl methyl sites for hydroxylation is 1. The number of anilines is 1. The molecule has 0 unspecified atom stereocenters. The lowest BCUT2D eigenvalue weighted by molar-refractivity contribution is -0.132. The van der Waals surface area contributed by atoms with Crippen molar-refractivity contribution in [2.45, 2.75) is 20.3 Å². The van der Waals surface area contributed by atoms with E-state index in [2.05, 4.69) is 5.32 Å². The number of rotatable bonds is 7. The largest absolute Gasteiger partial charge is 0.495 e. The second kappa shape index (κ2) is 8.99. The van der Waals surface area contributed by atoms with Crippen molar-refractivity contribution in [2.24, 2.45) is 0 Å². The Kier molecular flexibility index (Phi) is 6.72. The van der Waals surface area contributed by atoms with E-state index < -0.39 is 0 Å². The van der Waals surface area contributed by atoms with Crippen LogP contribution >= 0.6 is 0 Å². The van der Waals surface area contributed by atoms with Gasteiger partial charge in [0.2, 0.25) is 11.8 Å². The van der Waals surface area contributed by atoms with Crippen LogP contribution in [-0.4, -0.2) is 36.9 Å². The highest BCUT2D eigenvalue weighted by Gasteiger charge is 2.15.